The summed E-state index contributed by atoms with van der Waals surface area (Å²) in [6.45, 7) is 1.57. The van der Waals surface area contributed by atoms with Crippen LogP contribution < -0.4 is 14.8 Å². The van der Waals surface area contributed by atoms with E-state index in [1.165, 1.54) is 11.6 Å². The van der Waals surface area contributed by atoms with Crippen LogP contribution in [0.25, 0.3) is 6.08 Å². The van der Waals surface area contributed by atoms with Crippen molar-refractivity contribution in [3.8, 4) is 11.5 Å². The molecule has 0 aromatic heterocycles. The van der Waals surface area contributed by atoms with Gasteiger partial charge in [0.15, 0.2) is 6.10 Å². The molecule has 6 heteroatoms. The van der Waals surface area contributed by atoms with E-state index in [4.69, 9.17) is 14.2 Å². The average molecular weight is 409 g/mol. The number of hydrogen-bond acceptors (Lipinski definition) is 5. The predicted molar refractivity (Wildman–Crippen MR) is 114 cm³/mol. The fourth-order valence-electron chi connectivity index (χ4n) is 3.55. The Morgan fingerprint density at radius 1 is 1.10 bits per heavy atom. The summed E-state index contributed by atoms with van der Waals surface area (Å²) in [5.41, 5.74) is 3.12. The molecule has 3 rings (SSSR count). The van der Waals surface area contributed by atoms with Crippen molar-refractivity contribution in [3.63, 3.8) is 0 Å². The molecule has 30 heavy (non-hydrogen) atoms. The van der Waals surface area contributed by atoms with Crippen LogP contribution in [0, 0.1) is 0 Å². The summed E-state index contributed by atoms with van der Waals surface area (Å²) in [5.74, 6) is 0.329. The minimum Gasteiger partial charge on any atom is -0.497 e. The number of esters is 1. The summed E-state index contributed by atoms with van der Waals surface area (Å²) in [5, 5.41) is 3.01. The highest BCUT2D eigenvalue weighted by Gasteiger charge is 2.24. The SMILES string of the molecule is COc1cc(/C=C/C(=O)O[C@H](C)C(=O)N[C@@H]2CCCc3ccccc32)cc(OC)c1. The Balaban J connectivity index is 1.58. The first-order chi connectivity index (χ1) is 14.5. The third kappa shape index (κ3) is 5.41. The highest BCUT2D eigenvalue weighted by Crippen LogP contribution is 2.29. The number of ether oxygens (including phenoxy) is 3. The average Bonchev–Trinajstić information content (AvgIpc) is 2.77. The van der Waals surface area contributed by atoms with Crippen molar-refractivity contribution >= 4 is 18.0 Å². The number of carbonyl (C=O) groups excluding carboxylic acids is 2. The number of benzene rings is 2. The Kier molecular flexibility index (Phi) is 7.12. The molecule has 6 nitrogen and oxygen atoms in total. The van der Waals surface area contributed by atoms with Crippen molar-refractivity contribution in [3.05, 3.63) is 65.2 Å². The van der Waals surface area contributed by atoms with Gasteiger partial charge >= 0.3 is 5.97 Å². The Hall–Kier alpha value is -3.28. The van der Waals surface area contributed by atoms with Crippen LogP contribution in [0.15, 0.2) is 48.5 Å². The Morgan fingerprint density at radius 2 is 1.80 bits per heavy atom. The Bertz CT molecular complexity index is 915. The van der Waals surface area contributed by atoms with Crippen molar-refractivity contribution in [2.24, 2.45) is 0 Å². The minimum atomic E-state index is -0.893. The van der Waals surface area contributed by atoms with Crippen LogP contribution in [-0.4, -0.2) is 32.2 Å². The molecule has 0 saturated heterocycles. The van der Waals surface area contributed by atoms with Crippen LogP contribution in [0.5, 0.6) is 11.5 Å². The second kappa shape index (κ2) is 9.96. The van der Waals surface area contributed by atoms with Crippen LogP contribution in [0.2, 0.25) is 0 Å². The molecule has 0 saturated carbocycles. The van der Waals surface area contributed by atoms with Gasteiger partial charge in [0, 0.05) is 12.1 Å². The third-order valence-corrected chi connectivity index (χ3v) is 5.13. The number of fused-ring (bicyclic) bond motifs is 1. The van der Waals surface area contributed by atoms with E-state index in [9.17, 15) is 9.59 Å². The van der Waals surface area contributed by atoms with Gasteiger partial charge in [-0.3, -0.25) is 4.79 Å². The lowest BCUT2D eigenvalue weighted by Gasteiger charge is -2.27. The summed E-state index contributed by atoms with van der Waals surface area (Å²) in [6.07, 6.45) is 4.90. The number of rotatable bonds is 7. The molecular weight excluding hydrogens is 382 g/mol. The topological polar surface area (TPSA) is 73.9 Å². The van der Waals surface area contributed by atoms with E-state index in [-0.39, 0.29) is 11.9 Å². The number of nitrogens with one attached hydrogen (secondary N) is 1. The highest BCUT2D eigenvalue weighted by molar-refractivity contribution is 5.90. The predicted octanol–water partition coefficient (Wildman–Crippen LogP) is 3.84. The van der Waals surface area contributed by atoms with Gasteiger partial charge in [-0.1, -0.05) is 24.3 Å². The molecular formula is C24H27NO5. The van der Waals surface area contributed by atoms with E-state index in [0.29, 0.717) is 11.5 Å². The molecule has 0 fully saturated rings. The van der Waals surface area contributed by atoms with E-state index < -0.39 is 12.1 Å². The van der Waals surface area contributed by atoms with Crippen LogP contribution in [0.1, 0.15) is 42.5 Å². The maximum Gasteiger partial charge on any atom is 0.331 e. The highest BCUT2D eigenvalue weighted by atomic mass is 16.5. The lowest BCUT2D eigenvalue weighted by molar-refractivity contribution is -0.150. The number of methoxy groups -OCH3 is 2. The fraction of sp³-hybridized carbons (Fsp3) is 0.333. The van der Waals surface area contributed by atoms with Crippen LogP contribution in [-0.2, 0) is 20.7 Å². The lowest BCUT2D eigenvalue weighted by atomic mass is 9.87. The van der Waals surface area contributed by atoms with Gasteiger partial charge in [-0.05, 0) is 61.1 Å². The van der Waals surface area contributed by atoms with Gasteiger partial charge in [0.1, 0.15) is 11.5 Å². The molecule has 2 aromatic rings. The van der Waals surface area contributed by atoms with Gasteiger partial charge in [-0.25, -0.2) is 4.79 Å². The quantitative estimate of drug-likeness (QED) is 0.556. The van der Waals surface area contributed by atoms with Gasteiger partial charge in [0.05, 0.1) is 20.3 Å². The molecule has 0 spiro atoms. The van der Waals surface area contributed by atoms with Crippen LogP contribution in [0.4, 0.5) is 0 Å². The molecule has 2 aromatic carbocycles. The van der Waals surface area contributed by atoms with Crippen LogP contribution in [0.3, 0.4) is 0 Å². The summed E-state index contributed by atoms with van der Waals surface area (Å²) in [4.78, 5) is 24.7. The van der Waals surface area contributed by atoms with Gasteiger partial charge in [0.2, 0.25) is 0 Å². The molecule has 0 heterocycles. The normalized spacial score (nSPS) is 16.4. The van der Waals surface area contributed by atoms with Crippen molar-refractivity contribution in [2.75, 3.05) is 14.2 Å². The summed E-state index contributed by atoms with van der Waals surface area (Å²) in [7, 11) is 3.11. The van der Waals surface area contributed by atoms with Crippen molar-refractivity contribution in [1.82, 2.24) is 5.32 Å². The lowest BCUT2D eigenvalue weighted by Crippen LogP contribution is -2.39. The first kappa shape index (κ1) is 21.4. The molecule has 158 valence electrons. The zero-order valence-electron chi connectivity index (χ0n) is 17.5. The van der Waals surface area contributed by atoms with Crippen molar-refractivity contribution in [1.29, 1.82) is 0 Å². The van der Waals surface area contributed by atoms with Gasteiger partial charge < -0.3 is 19.5 Å². The fourth-order valence-corrected chi connectivity index (χ4v) is 3.55. The summed E-state index contributed by atoms with van der Waals surface area (Å²) < 4.78 is 15.7. The third-order valence-electron chi connectivity index (χ3n) is 5.13. The summed E-state index contributed by atoms with van der Waals surface area (Å²) in [6, 6.07) is 13.3. The smallest absolute Gasteiger partial charge is 0.331 e. The molecule has 0 aliphatic heterocycles. The molecule has 2 atom stereocenters. The van der Waals surface area contributed by atoms with E-state index in [0.717, 1.165) is 30.4 Å². The molecule has 0 unspecified atom stereocenters. The Labute approximate surface area is 176 Å². The molecule has 0 radical (unpaired) electrons. The zero-order chi connectivity index (χ0) is 21.5. The minimum absolute atomic E-state index is 0.0524. The standard InChI is InChI=1S/C24H27NO5/c1-16(24(27)25-22-10-6-8-18-7-4-5-9-21(18)22)30-23(26)12-11-17-13-19(28-2)15-20(14-17)29-3/h4-5,7,9,11-16,22H,6,8,10H2,1-3H3,(H,25,27)/b12-11+/t16-,22-/m1/s1. The van der Waals surface area contributed by atoms with E-state index in [2.05, 4.69) is 11.4 Å². The van der Waals surface area contributed by atoms with Crippen LogP contribution >= 0.6 is 0 Å². The van der Waals surface area contributed by atoms with Gasteiger partial charge in [-0.15, -0.1) is 0 Å². The maximum absolute atomic E-state index is 12.6. The van der Waals surface area contributed by atoms with Gasteiger partial charge in [0.25, 0.3) is 5.91 Å². The number of aryl methyl sites for hydroxylation is 1. The molecule has 1 aliphatic rings. The van der Waals surface area contributed by atoms with Crippen molar-refractivity contribution < 1.29 is 23.8 Å². The number of carbonyl (C=O) groups is 2. The maximum atomic E-state index is 12.6. The molecule has 1 N–H and O–H groups in total. The van der Waals surface area contributed by atoms with E-state index in [1.54, 1.807) is 45.4 Å². The second-order valence-electron chi connectivity index (χ2n) is 7.21. The van der Waals surface area contributed by atoms with E-state index >= 15 is 0 Å². The summed E-state index contributed by atoms with van der Waals surface area (Å²) >= 11 is 0. The second-order valence-corrected chi connectivity index (χ2v) is 7.21. The number of hydrogen-bond donors (Lipinski definition) is 1. The van der Waals surface area contributed by atoms with Gasteiger partial charge in [-0.2, -0.15) is 0 Å². The monoisotopic (exact) mass is 409 g/mol. The molecule has 0 bridgehead atoms. The number of amides is 1. The molecule has 1 aliphatic carbocycles. The first-order valence-corrected chi connectivity index (χ1v) is 10.00. The largest absolute Gasteiger partial charge is 0.497 e. The zero-order valence-corrected chi connectivity index (χ0v) is 17.5. The van der Waals surface area contributed by atoms with Crippen molar-refractivity contribution in [2.45, 2.75) is 38.3 Å². The molecule has 1 amide bonds. The van der Waals surface area contributed by atoms with E-state index in [1.807, 2.05) is 18.2 Å². The first-order valence-electron chi connectivity index (χ1n) is 10.00. The Morgan fingerprint density at radius 3 is 2.50 bits per heavy atom.